The second-order valence-electron chi connectivity index (χ2n) is 2.84. The molecule has 0 atom stereocenters. The van der Waals surface area contributed by atoms with Gasteiger partial charge in [0.2, 0.25) is 0 Å². The van der Waals surface area contributed by atoms with E-state index >= 15 is 0 Å². The molecule has 74 valence electrons. The molecule has 0 heterocycles. The van der Waals surface area contributed by atoms with Gasteiger partial charge in [0.15, 0.2) is 0 Å². The van der Waals surface area contributed by atoms with Gasteiger partial charge in [0.1, 0.15) is 0 Å². The molecule has 0 aliphatic carbocycles. The predicted molar refractivity (Wildman–Crippen MR) is 45.5 cm³/mol. The van der Waals surface area contributed by atoms with Crippen LogP contribution < -0.4 is 0 Å². The molecule has 1 aromatic carbocycles. The van der Waals surface area contributed by atoms with Crippen LogP contribution in [-0.2, 0) is 12.6 Å². The standard InChI is InChI=1S/C10H8F3N/c1-2-8-4-3-7(6-14)5-9(8)10(11,12)13/h3-5H,2H2,1H3. The average Bonchev–Trinajstić information content (AvgIpc) is 2.15. The van der Waals surface area contributed by atoms with Crippen LogP contribution in [0.3, 0.4) is 0 Å². The van der Waals surface area contributed by atoms with E-state index < -0.39 is 11.7 Å². The van der Waals surface area contributed by atoms with Crippen molar-refractivity contribution in [3.8, 4) is 6.07 Å². The molecule has 14 heavy (non-hydrogen) atoms. The summed E-state index contributed by atoms with van der Waals surface area (Å²) in [6, 6.07) is 5.32. The van der Waals surface area contributed by atoms with E-state index in [0.717, 1.165) is 6.07 Å². The third-order valence-electron chi connectivity index (χ3n) is 1.93. The summed E-state index contributed by atoms with van der Waals surface area (Å²) in [6.45, 7) is 1.65. The third kappa shape index (κ3) is 2.05. The maximum atomic E-state index is 12.4. The summed E-state index contributed by atoms with van der Waals surface area (Å²) in [4.78, 5) is 0. The first-order valence-corrected chi connectivity index (χ1v) is 4.09. The Balaban J connectivity index is 3.31. The molecule has 4 heteroatoms. The fourth-order valence-electron chi connectivity index (χ4n) is 1.22. The number of nitrogens with zero attached hydrogens (tertiary/aromatic N) is 1. The number of alkyl halides is 3. The first-order chi connectivity index (χ1) is 6.49. The van der Waals surface area contributed by atoms with E-state index in [2.05, 4.69) is 0 Å². The Hall–Kier alpha value is -1.50. The van der Waals surface area contributed by atoms with Gasteiger partial charge in [0.05, 0.1) is 17.2 Å². The van der Waals surface area contributed by atoms with Crippen molar-refractivity contribution in [2.45, 2.75) is 19.5 Å². The Morgan fingerprint density at radius 1 is 1.36 bits per heavy atom. The monoisotopic (exact) mass is 199 g/mol. The first kappa shape index (κ1) is 10.6. The van der Waals surface area contributed by atoms with Crippen LogP contribution in [0.15, 0.2) is 18.2 Å². The molecule has 1 rings (SSSR count). The van der Waals surface area contributed by atoms with Crippen LogP contribution in [0.1, 0.15) is 23.6 Å². The lowest BCUT2D eigenvalue weighted by Crippen LogP contribution is -2.09. The number of hydrogen-bond acceptors (Lipinski definition) is 1. The van der Waals surface area contributed by atoms with Gasteiger partial charge >= 0.3 is 6.18 Å². The van der Waals surface area contributed by atoms with Crippen LogP contribution in [0.25, 0.3) is 0 Å². The fourth-order valence-corrected chi connectivity index (χ4v) is 1.22. The largest absolute Gasteiger partial charge is 0.416 e. The Kier molecular flexibility index (Phi) is 2.80. The number of hydrogen-bond donors (Lipinski definition) is 0. The Morgan fingerprint density at radius 3 is 2.43 bits per heavy atom. The zero-order valence-corrected chi connectivity index (χ0v) is 7.52. The molecule has 0 spiro atoms. The maximum absolute atomic E-state index is 12.4. The summed E-state index contributed by atoms with van der Waals surface area (Å²) in [6.07, 6.45) is -4.07. The van der Waals surface area contributed by atoms with E-state index in [-0.39, 0.29) is 11.1 Å². The number of halogens is 3. The second-order valence-corrected chi connectivity index (χ2v) is 2.84. The van der Waals surface area contributed by atoms with Crippen molar-refractivity contribution in [1.29, 1.82) is 5.26 Å². The van der Waals surface area contributed by atoms with Crippen LogP contribution in [-0.4, -0.2) is 0 Å². The molecule has 0 aliphatic heterocycles. The van der Waals surface area contributed by atoms with Crippen molar-refractivity contribution >= 4 is 0 Å². The van der Waals surface area contributed by atoms with Crippen LogP contribution in [0.2, 0.25) is 0 Å². The van der Waals surface area contributed by atoms with Crippen molar-refractivity contribution in [3.63, 3.8) is 0 Å². The van der Waals surface area contributed by atoms with E-state index in [9.17, 15) is 13.2 Å². The third-order valence-corrected chi connectivity index (χ3v) is 1.93. The molecule has 0 saturated carbocycles. The lowest BCUT2D eigenvalue weighted by molar-refractivity contribution is -0.138. The first-order valence-electron chi connectivity index (χ1n) is 4.09. The Morgan fingerprint density at radius 2 is 2.00 bits per heavy atom. The summed E-state index contributed by atoms with van der Waals surface area (Å²) in [7, 11) is 0. The molecule has 0 N–H and O–H groups in total. The minimum absolute atomic E-state index is 0.0366. The number of rotatable bonds is 1. The van der Waals surface area contributed by atoms with Gasteiger partial charge in [-0.25, -0.2) is 0 Å². The quantitative estimate of drug-likeness (QED) is 0.681. The minimum atomic E-state index is -4.38. The molecule has 0 aliphatic rings. The van der Waals surface area contributed by atoms with E-state index in [1.54, 1.807) is 13.0 Å². The number of benzene rings is 1. The average molecular weight is 199 g/mol. The van der Waals surface area contributed by atoms with Crippen molar-refractivity contribution in [2.75, 3.05) is 0 Å². The number of aryl methyl sites for hydroxylation is 1. The van der Waals surface area contributed by atoms with Crippen molar-refractivity contribution in [3.05, 3.63) is 34.9 Å². The molecule has 0 bridgehead atoms. The van der Waals surface area contributed by atoms with E-state index in [1.165, 1.54) is 12.1 Å². The van der Waals surface area contributed by atoms with Crippen LogP contribution in [0, 0.1) is 11.3 Å². The minimum Gasteiger partial charge on any atom is -0.192 e. The molecule has 1 aromatic rings. The fraction of sp³-hybridized carbons (Fsp3) is 0.300. The van der Waals surface area contributed by atoms with E-state index in [1.807, 2.05) is 0 Å². The van der Waals surface area contributed by atoms with Crippen LogP contribution >= 0.6 is 0 Å². The molecule has 0 saturated heterocycles. The highest BCUT2D eigenvalue weighted by Gasteiger charge is 2.32. The van der Waals surface area contributed by atoms with Gasteiger partial charge in [0, 0.05) is 0 Å². The van der Waals surface area contributed by atoms with Crippen molar-refractivity contribution in [2.24, 2.45) is 0 Å². The summed E-state index contributed by atoms with van der Waals surface area (Å²) >= 11 is 0. The molecular weight excluding hydrogens is 191 g/mol. The van der Waals surface area contributed by atoms with E-state index in [0.29, 0.717) is 6.42 Å². The molecular formula is C10H8F3N. The van der Waals surface area contributed by atoms with Gasteiger partial charge < -0.3 is 0 Å². The van der Waals surface area contributed by atoms with Crippen LogP contribution in [0.5, 0.6) is 0 Å². The normalized spacial score (nSPS) is 11.1. The topological polar surface area (TPSA) is 23.8 Å². The summed E-state index contributed by atoms with van der Waals surface area (Å²) < 4.78 is 37.3. The van der Waals surface area contributed by atoms with E-state index in [4.69, 9.17) is 5.26 Å². The highest BCUT2D eigenvalue weighted by atomic mass is 19.4. The molecule has 1 nitrogen and oxygen atoms in total. The highest BCUT2D eigenvalue weighted by molar-refractivity contribution is 5.39. The zero-order valence-electron chi connectivity index (χ0n) is 7.52. The molecule has 0 unspecified atom stereocenters. The predicted octanol–water partition coefficient (Wildman–Crippen LogP) is 3.14. The number of nitriles is 1. The smallest absolute Gasteiger partial charge is 0.192 e. The summed E-state index contributed by atoms with van der Waals surface area (Å²) in [5.74, 6) is 0. The molecule has 0 amide bonds. The van der Waals surface area contributed by atoms with Gasteiger partial charge in [-0.05, 0) is 24.1 Å². The Bertz CT molecular complexity index is 374. The summed E-state index contributed by atoms with van der Waals surface area (Å²) in [5.41, 5.74) is -0.454. The molecule has 0 fully saturated rings. The lowest BCUT2D eigenvalue weighted by atomic mass is 10.0. The molecule has 0 radical (unpaired) electrons. The van der Waals surface area contributed by atoms with Crippen molar-refractivity contribution in [1.82, 2.24) is 0 Å². The van der Waals surface area contributed by atoms with Gasteiger partial charge in [-0.1, -0.05) is 13.0 Å². The molecule has 0 aromatic heterocycles. The SMILES string of the molecule is CCc1ccc(C#N)cc1C(F)(F)F. The Labute approximate surface area is 79.8 Å². The van der Waals surface area contributed by atoms with Gasteiger partial charge in [0.25, 0.3) is 0 Å². The summed E-state index contributed by atoms with van der Waals surface area (Å²) in [5, 5.41) is 8.47. The lowest BCUT2D eigenvalue weighted by Gasteiger charge is -2.11. The second kappa shape index (κ2) is 3.70. The maximum Gasteiger partial charge on any atom is 0.416 e. The zero-order chi connectivity index (χ0) is 10.8. The van der Waals surface area contributed by atoms with Gasteiger partial charge in [-0.2, -0.15) is 18.4 Å². The van der Waals surface area contributed by atoms with Crippen LogP contribution in [0.4, 0.5) is 13.2 Å². The van der Waals surface area contributed by atoms with Crippen molar-refractivity contribution < 1.29 is 13.2 Å². The van der Waals surface area contributed by atoms with Gasteiger partial charge in [-0.15, -0.1) is 0 Å². The highest BCUT2D eigenvalue weighted by Crippen LogP contribution is 2.32. The van der Waals surface area contributed by atoms with Gasteiger partial charge in [-0.3, -0.25) is 0 Å².